The number of rotatable bonds is 6. The van der Waals surface area contributed by atoms with E-state index in [1.54, 1.807) is 4.57 Å². The fraction of sp³-hybridized carbons (Fsp3) is 0.400. The Bertz CT molecular complexity index is 655. The summed E-state index contributed by atoms with van der Waals surface area (Å²) in [7, 11) is 0. The largest absolute Gasteiger partial charge is 0.368 e. The van der Waals surface area contributed by atoms with Crippen LogP contribution in [0.3, 0.4) is 0 Å². The third kappa shape index (κ3) is 3.41. The molecular formula is C15H21N5OS. The van der Waals surface area contributed by atoms with E-state index in [4.69, 9.17) is 5.73 Å². The smallest absolute Gasteiger partial charge is 0.247 e. The van der Waals surface area contributed by atoms with Gasteiger partial charge in [-0.05, 0) is 30.7 Å². The highest BCUT2D eigenvalue weighted by atomic mass is 32.2. The van der Waals surface area contributed by atoms with Crippen LogP contribution in [0.4, 0.5) is 11.6 Å². The highest BCUT2D eigenvalue weighted by Gasteiger charge is 2.24. The number of thioether (sulfide) groups is 1. The third-order valence-electron chi connectivity index (χ3n) is 3.37. The highest BCUT2D eigenvalue weighted by molar-refractivity contribution is 7.99. The molecule has 2 rings (SSSR count). The Kier molecular flexibility index (Phi) is 5.43. The Morgan fingerprint density at radius 3 is 2.73 bits per heavy atom. The molecule has 1 amide bonds. The normalized spacial score (nSPS) is 12.1. The number of aryl methyl sites for hydroxylation is 1. The molecule has 0 saturated carbocycles. The number of benzene rings is 1. The number of carbonyl (C=O) groups excluding carboxylic acids is 1. The van der Waals surface area contributed by atoms with Crippen molar-refractivity contribution in [3.05, 3.63) is 29.8 Å². The van der Waals surface area contributed by atoms with Gasteiger partial charge in [0, 0.05) is 5.69 Å². The first-order valence-corrected chi connectivity index (χ1v) is 8.26. The third-order valence-corrected chi connectivity index (χ3v) is 4.19. The molecule has 1 heterocycles. The minimum absolute atomic E-state index is 0.110. The standard InChI is InChI=1S/C15H21N5OS/c1-4-12(20-14(16)18-19-15(20)22-5-2)13(21)17-11-9-7-6-8-10(11)3/h6-9,12H,4-5H2,1-3H3,(H2,16,18)(H,17,21). The fourth-order valence-corrected chi connectivity index (χ4v) is 2.94. The van der Waals surface area contributed by atoms with Crippen molar-refractivity contribution in [2.24, 2.45) is 0 Å². The van der Waals surface area contributed by atoms with Crippen LogP contribution in [-0.2, 0) is 4.79 Å². The Morgan fingerprint density at radius 1 is 1.36 bits per heavy atom. The Balaban J connectivity index is 2.26. The molecule has 7 heteroatoms. The minimum atomic E-state index is -0.427. The van der Waals surface area contributed by atoms with E-state index in [9.17, 15) is 4.79 Å². The Hall–Kier alpha value is -2.02. The summed E-state index contributed by atoms with van der Waals surface area (Å²) in [5.41, 5.74) is 7.73. The molecule has 0 spiro atoms. The van der Waals surface area contributed by atoms with E-state index in [2.05, 4.69) is 15.5 Å². The van der Waals surface area contributed by atoms with Gasteiger partial charge in [-0.25, -0.2) is 0 Å². The van der Waals surface area contributed by atoms with Gasteiger partial charge < -0.3 is 11.1 Å². The lowest BCUT2D eigenvalue weighted by molar-refractivity contribution is -0.119. The first-order valence-electron chi connectivity index (χ1n) is 7.28. The summed E-state index contributed by atoms with van der Waals surface area (Å²) in [6, 6.07) is 7.26. The quantitative estimate of drug-likeness (QED) is 0.800. The molecule has 0 aliphatic heterocycles. The maximum Gasteiger partial charge on any atom is 0.247 e. The van der Waals surface area contributed by atoms with Crippen LogP contribution in [0.2, 0.25) is 0 Å². The molecule has 0 aliphatic carbocycles. The number of nitrogens with zero attached hydrogens (tertiary/aromatic N) is 3. The summed E-state index contributed by atoms with van der Waals surface area (Å²) in [6.07, 6.45) is 0.608. The first-order chi connectivity index (χ1) is 10.6. The van der Waals surface area contributed by atoms with E-state index in [-0.39, 0.29) is 11.9 Å². The van der Waals surface area contributed by atoms with Gasteiger partial charge in [0.15, 0.2) is 5.16 Å². The molecule has 1 aromatic carbocycles. The van der Waals surface area contributed by atoms with Crippen molar-refractivity contribution in [2.45, 2.75) is 38.4 Å². The number of hydrogen-bond acceptors (Lipinski definition) is 5. The lowest BCUT2D eigenvalue weighted by Crippen LogP contribution is -2.27. The predicted octanol–water partition coefficient (Wildman–Crippen LogP) is 2.87. The maximum atomic E-state index is 12.7. The molecule has 6 nitrogen and oxygen atoms in total. The van der Waals surface area contributed by atoms with Gasteiger partial charge in [0.1, 0.15) is 6.04 Å². The van der Waals surface area contributed by atoms with Crippen LogP contribution in [-0.4, -0.2) is 26.4 Å². The second-order valence-corrected chi connectivity index (χ2v) is 6.10. The van der Waals surface area contributed by atoms with Gasteiger partial charge in [0.2, 0.25) is 11.9 Å². The molecule has 22 heavy (non-hydrogen) atoms. The minimum Gasteiger partial charge on any atom is -0.368 e. The average molecular weight is 319 g/mol. The van der Waals surface area contributed by atoms with E-state index < -0.39 is 6.04 Å². The zero-order valence-corrected chi connectivity index (χ0v) is 13.9. The summed E-state index contributed by atoms with van der Waals surface area (Å²) in [5.74, 6) is 0.998. The van der Waals surface area contributed by atoms with Gasteiger partial charge in [-0.2, -0.15) is 0 Å². The molecular weight excluding hydrogens is 298 g/mol. The molecule has 0 radical (unpaired) electrons. The van der Waals surface area contributed by atoms with Crippen LogP contribution < -0.4 is 11.1 Å². The summed E-state index contributed by atoms with van der Waals surface area (Å²) in [5, 5.41) is 11.6. The first kappa shape index (κ1) is 16.4. The number of nitrogen functional groups attached to an aromatic ring is 1. The zero-order valence-electron chi connectivity index (χ0n) is 13.0. The van der Waals surface area contributed by atoms with E-state index in [0.29, 0.717) is 11.6 Å². The maximum absolute atomic E-state index is 12.7. The van der Waals surface area contributed by atoms with E-state index in [1.807, 2.05) is 45.0 Å². The SMILES string of the molecule is CCSc1nnc(N)n1C(CC)C(=O)Nc1ccccc1C. The number of nitrogens with two attached hydrogens (primary N) is 1. The Labute approximate surface area is 134 Å². The Morgan fingerprint density at radius 2 is 2.09 bits per heavy atom. The van der Waals surface area contributed by atoms with E-state index in [0.717, 1.165) is 17.0 Å². The van der Waals surface area contributed by atoms with Crippen LogP contribution >= 0.6 is 11.8 Å². The number of aromatic nitrogens is 3. The molecule has 1 atom stereocenters. The van der Waals surface area contributed by atoms with Crippen LogP contribution in [0.1, 0.15) is 31.9 Å². The van der Waals surface area contributed by atoms with Crippen molar-refractivity contribution in [3.63, 3.8) is 0 Å². The molecule has 0 fully saturated rings. The summed E-state index contributed by atoms with van der Waals surface area (Å²) in [4.78, 5) is 12.7. The van der Waals surface area contributed by atoms with Gasteiger partial charge in [0.05, 0.1) is 0 Å². The van der Waals surface area contributed by atoms with Crippen LogP contribution in [0.25, 0.3) is 0 Å². The molecule has 1 unspecified atom stereocenters. The summed E-state index contributed by atoms with van der Waals surface area (Å²) in [6.45, 7) is 5.93. The second kappa shape index (κ2) is 7.31. The number of hydrogen-bond donors (Lipinski definition) is 2. The van der Waals surface area contributed by atoms with Gasteiger partial charge >= 0.3 is 0 Å². The molecule has 0 aliphatic rings. The monoisotopic (exact) mass is 319 g/mol. The molecule has 118 valence electrons. The van der Waals surface area contributed by atoms with Gasteiger partial charge in [-0.1, -0.05) is 43.8 Å². The van der Waals surface area contributed by atoms with Gasteiger partial charge in [0.25, 0.3) is 0 Å². The van der Waals surface area contributed by atoms with E-state index >= 15 is 0 Å². The highest BCUT2D eigenvalue weighted by Crippen LogP contribution is 2.26. The molecule has 0 saturated heterocycles. The molecule has 0 bridgehead atoms. The molecule has 1 aromatic heterocycles. The van der Waals surface area contributed by atoms with Crippen molar-refractivity contribution in [2.75, 3.05) is 16.8 Å². The topological polar surface area (TPSA) is 85.8 Å². The summed E-state index contributed by atoms with van der Waals surface area (Å²) >= 11 is 1.52. The number of nitrogens with one attached hydrogen (secondary N) is 1. The van der Waals surface area contributed by atoms with E-state index in [1.165, 1.54) is 11.8 Å². The van der Waals surface area contributed by atoms with Crippen molar-refractivity contribution in [3.8, 4) is 0 Å². The predicted molar refractivity (Wildman–Crippen MR) is 90.0 cm³/mol. The second-order valence-electron chi connectivity index (χ2n) is 4.87. The van der Waals surface area contributed by atoms with Crippen molar-refractivity contribution in [1.29, 1.82) is 0 Å². The summed E-state index contributed by atoms with van der Waals surface area (Å²) < 4.78 is 1.71. The van der Waals surface area contributed by atoms with Gasteiger partial charge in [-0.15, -0.1) is 10.2 Å². The lowest BCUT2D eigenvalue weighted by Gasteiger charge is -2.19. The van der Waals surface area contributed by atoms with Crippen molar-refractivity contribution < 1.29 is 4.79 Å². The number of anilines is 2. The van der Waals surface area contributed by atoms with Crippen LogP contribution in [0, 0.1) is 6.92 Å². The van der Waals surface area contributed by atoms with Gasteiger partial charge in [-0.3, -0.25) is 9.36 Å². The average Bonchev–Trinajstić information content (AvgIpc) is 2.85. The van der Waals surface area contributed by atoms with Crippen molar-refractivity contribution >= 4 is 29.3 Å². The number of amides is 1. The zero-order chi connectivity index (χ0) is 16.1. The number of para-hydroxylation sites is 1. The molecule has 3 N–H and O–H groups in total. The van der Waals surface area contributed by atoms with Crippen LogP contribution in [0.15, 0.2) is 29.4 Å². The lowest BCUT2D eigenvalue weighted by atomic mass is 10.1. The fourth-order valence-electron chi connectivity index (χ4n) is 2.22. The van der Waals surface area contributed by atoms with Crippen LogP contribution in [0.5, 0.6) is 0 Å². The molecule has 2 aromatic rings. The van der Waals surface area contributed by atoms with Crippen molar-refractivity contribution in [1.82, 2.24) is 14.8 Å². The number of carbonyl (C=O) groups is 1.